The van der Waals surface area contributed by atoms with Crippen LogP contribution in [0.15, 0.2) is 103 Å². The average molecular weight is 609 g/mol. The zero-order valence-corrected chi connectivity index (χ0v) is 25.2. The van der Waals surface area contributed by atoms with Crippen molar-refractivity contribution in [1.82, 2.24) is 0 Å². The van der Waals surface area contributed by atoms with Crippen molar-refractivity contribution in [2.24, 2.45) is 0 Å². The van der Waals surface area contributed by atoms with Gasteiger partial charge in [-0.2, -0.15) is 0 Å². The molecule has 0 N–H and O–H groups in total. The summed E-state index contributed by atoms with van der Waals surface area (Å²) in [6.45, 7) is 3.12. The van der Waals surface area contributed by atoms with Gasteiger partial charge in [-0.05, 0) is 59.0 Å². The Balaban J connectivity index is 1.28. The first-order chi connectivity index (χ1) is 22.1. The van der Waals surface area contributed by atoms with Crippen molar-refractivity contribution in [3.63, 3.8) is 0 Å². The molecule has 0 radical (unpaired) electrons. The van der Waals surface area contributed by atoms with E-state index in [2.05, 4.69) is 0 Å². The molecule has 1 heterocycles. The quantitative estimate of drug-likeness (QED) is 0.0803. The van der Waals surface area contributed by atoms with Crippen molar-refractivity contribution in [1.29, 1.82) is 0 Å². The number of esters is 2. The van der Waals surface area contributed by atoms with E-state index < -0.39 is 18.0 Å². The maximum atomic E-state index is 12.9. The van der Waals surface area contributed by atoms with E-state index in [1.165, 1.54) is 6.08 Å². The molecule has 0 bridgehead atoms. The second-order valence-corrected chi connectivity index (χ2v) is 10.4. The lowest BCUT2D eigenvalue weighted by atomic mass is 10.1. The summed E-state index contributed by atoms with van der Waals surface area (Å²) in [6.07, 6.45) is 3.49. The molecule has 4 aromatic rings. The lowest BCUT2D eigenvalue weighted by Gasteiger charge is -2.16. The van der Waals surface area contributed by atoms with Crippen molar-refractivity contribution >= 4 is 18.0 Å². The first-order valence-electron chi connectivity index (χ1n) is 15.0. The smallest absolute Gasteiger partial charge is 0.347 e. The maximum absolute atomic E-state index is 12.9. The molecule has 1 aliphatic rings. The Kier molecular flexibility index (Phi) is 11.1. The van der Waals surface area contributed by atoms with Crippen LogP contribution in [0, 0.1) is 0 Å². The fourth-order valence-corrected chi connectivity index (χ4v) is 4.54. The standard InChI is InChI=1S/C37H36O8/c1-2-3-20-40-37(39)35(23-30-15-18-32-34(22-30)44-26-43-32)45-36(38)19-16-27-14-17-31(41-24-28-10-6-4-7-11-28)33(21-27)42-25-29-12-8-5-9-13-29/h4-19,21-22,35H,2-3,20,23-26H2,1H3/b19-16+/t35-/m1/s1. The molecule has 45 heavy (non-hydrogen) atoms. The summed E-state index contributed by atoms with van der Waals surface area (Å²) < 4.78 is 34.1. The number of ether oxygens (including phenoxy) is 6. The number of carbonyl (C=O) groups is 2. The third kappa shape index (κ3) is 9.37. The maximum Gasteiger partial charge on any atom is 0.347 e. The zero-order valence-electron chi connectivity index (χ0n) is 25.2. The van der Waals surface area contributed by atoms with Crippen LogP contribution in [0.4, 0.5) is 0 Å². The minimum Gasteiger partial charge on any atom is -0.485 e. The van der Waals surface area contributed by atoms with Crippen molar-refractivity contribution in [3.8, 4) is 23.0 Å². The van der Waals surface area contributed by atoms with Crippen molar-refractivity contribution in [3.05, 3.63) is 125 Å². The molecule has 1 atom stereocenters. The van der Waals surface area contributed by atoms with Crippen LogP contribution in [-0.4, -0.2) is 31.4 Å². The highest BCUT2D eigenvalue weighted by molar-refractivity contribution is 5.89. The van der Waals surface area contributed by atoms with E-state index in [4.69, 9.17) is 28.4 Å². The van der Waals surface area contributed by atoms with Crippen molar-refractivity contribution in [2.75, 3.05) is 13.4 Å². The molecule has 232 valence electrons. The van der Waals surface area contributed by atoms with Gasteiger partial charge in [-0.3, -0.25) is 0 Å². The molecular formula is C37H36O8. The van der Waals surface area contributed by atoms with Gasteiger partial charge in [-0.15, -0.1) is 0 Å². The van der Waals surface area contributed by atoms with Gasteiger partial charge in [0.2, 0.25) is 12.9 Å². The predicted molar refractivity (Wildman–Crippen MR) is 169 cm³/mol. The number of rotatable bonds is 15. The van der Waals surface area contributed by atoms with Gasteiger partial charge in [0.1, 0.15) is 13.2 Å². The fourth-order valence-electron chi connectivity index (χ4n) is 4.54. The predicted octanol–water partition coefficient (Wildman–Crippen LogP) is 7.08. The van der Waals surface area contributed by atoms with E-state index in [0.29, 0.717) is 41.8 Å². The van der Waals surface area contributed by atoms with Crippen LogP contribution in [0.2, 0.25) is 0 Å². The summed E-state index contributed by atoms with van der Waals surface area (Å²) in [4.78, 5) is 25.8. The number of carbonyl (C=O) groups excluding carboxylic acids is 2. The minimum atomic E-state index is -1.13. The molecule has 8 heteroatoms. The molecular weight excluding hydrogens is 572 g/mol. The molecule has 0 fully saturated rings. The number of hydrogen-bond acceptors (Lipinski definition) is 8. The van der Waals surface area contributed by atoms with Gasteiger partial charge in [0.15, 0.2) is 23.0 Å². The average Bonchev–Trinajstić information content (AvgIpc) is 3.55. The van der Waals surface area contributed by atoms with Crippen LogP contribution >= 0.6 is 0 Å². The minimum absolute atomic E-state index is 0.131. The lowest BCUT2D eigenvalue weighted by Crippen LogP contribution is -2.31. The normalized spacial score (nSPS) is 12.5. The Hall–Kier alpha value is -5.24. The summed E-state index contributed by atoms with van der Waals surface area (Å²) in [7, 11) is 0. The Bertz CT molecular complexity index is 1580. The Labute approximate surface area is 263 Å². The molecule has 0 amide bonds. The highest BCUT2D eigenvalue weighted by Crippen LogP contribution is 2.33. The summed E-state index contributed by atoms with van der Waals surface area (Å²) in [5.41, 5.74) is 3.48. The van der Waals surface area contributed by atoms with E-state index >= 15 is 0 Å². The third-order valence-corrected chi connectivity index (χ3v) is 6.98. The first-order valence-corrected chi connectivity index (χ1v) is 15.0. The van der Waals surface area contributed by atoms with Gasteiger partial charge in [0.25, 0.3) is 0 Å². The van der Waals surface area contributed by atoms with Crippen molar-refractivity contribution in [2.45, 2.75) is 45.5 Å². The Morgan fingerprint density at radius 1 is 0.778 bits per heavy atom. The Morgan fingerprint density at radius 3 is 2.18 bits per heavy atom. The molecule has 0 saturated carbocycles. The highest BCUT2D eigenvalue weighted by atomic mass is 16.7. The van der Waals surface area contributed by atoms with Gasteiger partial charge < -0.3 is 28.4 Å². The number of hydrogen-bond donors (Lipinski definition) is 0. The van der Waals surface area contributed by atoms with E-state index in [0.717, 1.165) is 29.5 Å². The van der Waals surface area contributed by atoms with Crippen LogP contribution < -0.4 is 18.9 Å². The van der Waals surface area contributed by atoms with E-state index in [1.807, 2.05) is 85.8 Å². The van der Waals surface area contributed by atoms with Gasteiger partial charge in [0.05, 0.1) is 6.61 Å². The fraction of sp³-hybridized carbons (Fsp3) is 0.243. The summed E-state index contributed by atoms with van der Waals surface area (Å²) in [6, 6.07) is 30.5. The lowest BCUT2D eigenvalue weighted by molar-refractivity contribution is -0.165. The largest absolute Gasteiger partial charge is 0.485 e. The van der Waals surface area contributed by atoms with Crippen LogP contribution in [-0.2, 0) is 38.7 Å². The molecule has 0 spiro atoms. The molecule has 0 saturated heterocycles. The van der Waals surface area contributed by atoms with Crippen molar-refractivity contribution < 1.29 is 38.0 Å². The molecule has 1 aliphatic heterocycles. The van der Waals surface area contributed by atoms with Crippen LogP contribution in [0.5, 0.6) is 23.0 Å². The van der Waals surface area contributed by atoms with E-state index in [-0.39, 0.29) is 19.8 Å². The molecule has 0 aromatic heterocycles. The number of unbranched alkanes of at least 4 members (excludes halogenated alkanes) is 1. The van der Waals surface area contributed by atoms with Gasteiger partial charge >= 0.3 is 11.9 Å². The van der Waals surface area contributed by atoms with Gasteiger partial charge in [-0.25, -0.2) is 9.59 Å². The second-order valence-electron chi connectivity index (χ2n) is 10.4. The Morgan fingerprint density at radius 2 is 1.47 bits per heavy atom. The first kappa shape index (κ1) is 31.2. The number of benzene rings is 4. The summed E-state index contributed by atoms with van der Waals surface area (Å²) in [5.74, 6) is 1.05. The SMILES string of the molecule is CCCCOC(=O)[C@@H](Cc1ccc2c(c1)OCO2)OC(=O)/C=C/c1ccc(OCc2ccccc2)c(OCc2ccccc2)c1. The summed E-state index contributed by atoms with van der Waals surface area (Å²) in [5, 5.41) is 0. The van der Waals surface area contributed by atoms with Crippen LogP contribution in [0.1, 0.15) is 42.0 Å². The monoisotopic (exact) mass is 608 g/mol. The molecule has 5 rings (SSSR count). The molecule has 4 aromatic carbocycles. The van der Waals surface area contributed by atoms with E-state index in [1.54, 1.807) is 24.3 Å². The third-order valence-electron chi connectivity index (χ3n) is 6.98. The molecule has 8 nitrogen and oxygen atoms in total. The summed E-state index contributed by atoms with van der Waals surface area (Å²) >= 11 is 0. The van der Waals surface area contributed by atoms with Gasteiger partial charge in [0, 0.05) is 12.5 Å². The molecule has 0 aliphatic carbocycles. The zero-order chi connectivity index (χ0) is 31.3. The second kappa shape index (κ2) is 16.0. The topological polar surface area (TPSA) is 89.5 Å². The molecule has 0 unspecified atom stereocenters. The van der Waals surface area contributed by atoms with E-state index in [9.17, 15) is 9.59 Å². The van der Waals surface area contributed by atoms with Gasteiger partial charge in [-0.1, -0.05) is 86.1 Å². The van der Waals surface area contributed by atoms with Crippen LogP contribution in [0.3, 0.4) is 0 Å². The van der Waals surface area contributed by atoms with Crippen LogP contribution in [0.25, 0.3) is 6.08 Å². The number of fused-ring (bicyclic) bond motifs is 1. The highest BCUT2D eigenvalue weighted by Gasteiger charge is 2.25.